The first-order valence-corrected chi connectivity index (χ1v) is 13.2. The number of aliphatic carboxylic acids is 1. The van der Waals surface area contributed by atoms with Gasteiger partial charge in [0.25, 0.3) is 0 Å². The van der Waals surface area contributed by atoms with Crippen LogP contribution in [0.1, 0.15) is 55.2 Å². The molecule has 0 bridgehead atoms. The molecule has 0 unspecified atom stereocenters. The summed E-state index contributed by atoms with van der Waals surface area (Å²) in [5.74, 6) is -2.92. The summed E-state index contributed by atoms with van der Waals surface area (Å²) in [7, 11) is 1.64. The van der Waals surface area contributed by atoms with Gasteiger partial charge in [0, 0.05) is 17.6 Å². The van der Waals surface area contributed by atoms with Gasteiger partial charge in [0.1, 0.15) is 11.6 Å². The summed E-state index contributed by atoms with van der Waals surface area (Å²) >= 11 is 0. The summed E-state index contributed by atoms with van der Waals surface area (Å²) in [6.45, 7) is 4.23. The Hall–Kier alpha value is -3.13. The second-order valence-electron chi connectivity index (χ2n) is 10.5. The molecule has 0 amide bonds. The van der Waals surface area contributed by atoms with Crippen molar-refractivity contribution in [3.63, 3.8) is 0 Å². The van der Waals surface area contributed by atoms with E-state index in [4.69, 9.17) is 4.74 Å². The molecular formula is C30H35F3N2O3. The molecule has 204 valence electrons. The Labute approximate surface area is 221 Å². The number of pyridine rings is 1. The van der Waals surface area contributed by atoms with E-state index in [2.05, 4.69) is 16.8 Å². The third-order valence-electron chi connectivity index (χ3n) is 7.97. The normalized spacial score (nSPS) is 15.6. The predicted octanol–water partition coefficient (Wildman–Crippen LogP) is 6.48. The van der Waals surface area contributed by atoms with Gasteiger partial charge in [-0.05, 0) is 118 Å². The van der Waals surface area contributed by atoms with Gasteiger partial charge in [-0.2, -0.15) is 0 Å². The molecule has 1 aliphatic heterocycles. The lowest BCUT2D eigenvalue weighted by atomic mass is 9.71. The lowest BCUT2D eigenvalue weighted by Crippen LogP contribution is -2.41. The number of carbonyl (C=O) groups is 1. The first-order chi connectivity index (χ1) is 18.2. The zero-order chi connectivity index (χ0) is 27.3. The maximum absolute atomic E-state index is 13.9. The molecule has 1 saturated heterocycles. The lowest BCUT2D eigenvalue weighted by molar-refractivity contribution is -0.140. The number of aromatic nitrogens is 1. The largest absolute Gasteiger partial charge is 0.497 e. The summed E-state index contributed by atoms with van der Waals surface area (Å²) in [6, 6.07) is 7.48. The number of piperidine rings is 1. The smallest absolute Gasteiger partial charge is 0.303 e. The number of rotatable bonds is 11. The average molecular weight is 529 g/mol. The Morgan fingerprint density at radius 1 is 1.11 bits per heavy atom. The van der Waals surface area contributed by atoms with Gasteiger partial charge in [-0.1, -0.05) is 0 Å². The van der Waals surface area contributed by atoms with Crippen LogP contribution in [-0.2, 0) is 17.6 Å². The molecule has 0 saturated carbocycles. The van der Waals surface area contributed by atoms with E-state index in [9.17, 15) is 23.1 Å². The first kappa shape index (κ1) is 27.9. The zero-order valence-corrected chi connectivity index (χ0v) is 22.0. The fourth-order valence-electron chi connectivity index (χ4n) is 5.80. The van der Waals surface area contributed by atoms with E-state index in [0.29, 0.717) is 19.0 Å². The summed E-state index contributed by atoms with van der Waals surface area (Å²) in [6.07, 6.45) is 6.91. The highest BCUT2D eigenvalue weighted by atomic mass is 19.2. The van der Waals surface area contributed by atoms with Gasteiger partial charge in [0.05, 0.1) is 19.0 Å². The van der Waals surface area contributed by atoms with E-state index in [1.807, 2.05) is 24.4 Å². The van der Waals surface area contributed by atoms with Crippen molar-refractivity contribution in [2.24, 2.45) is 5.41 Å². The van der Waals surface area contributed by atoms with E-state index in [1.54, 1.807) is 7.11 Å². The van der Waals surface area contributed by atoms with Crippen LogP contribution in [0, 0.1) is 29.8 Å². The van der Waals surface area contributed by atoms with Crippen LogP contribution in [0.5, 0.6) is 5.75 Å². The predicted molar refractivity (Wildman–Crippen MR) is 141 cm³/mol. The highest BCUT2D eigenvalue weighted by molar-refractivity contribution is 5.84. The molecule has 4 rings (SSSR count). The quantitative estimate of drug-likeness (QED) is 0.289. The van der Waals surface area contributed by atoms with Crippen molar-refractivity contribution in [3.8, 4) is 5.75 Å². The number of hydrogen-bond acceptors (Lipinski definition) is 4. The topological polar surface area (TPSA) is 62.7 Å². The van der Waals surface area contributed by atoms with Crippen LogP contribution < -0.4 is 4.74 Å². The molecule has 2 aromatic carbocycles. The Kier molecular flexibility index (Phi) is 8.92. The number of nitrogens with zero attached hydrogens (tertiary/aromatic N) is 2. The minimum atomic E-state index is -1.16. The molecule has 8 heteroatoms. The van der Waals surface area contributed by atoms with Crippen LogP contribution in [0.2, 0.25) is 0 Å². The number of ether oxygens (including phenoxy) is 1. The fourth-order valence-corrected chi connectivity index (χ4v) is 5.80. The van der Waals surface area contributed by atoms with Crippen molar-refractivity contribution in [1.29, 1.82) is 0 Å². The molecule has 0 radical (unpaired) electrons. The Morgan fingerprint density at radius 3 is 2.58 bits per heavy atom. The van der Waals surface area contributed by atoms with Gasteiger partial charge in [-0.15, -0.1) is 0 Å². The number of hydrogen-bond donors (Lipinski definition) is 1. The SMILES string of the molecule is COc1ccc2ncc(C)c(CCCC3(CC(=O)O)CCN(CCCc4cc(F)cc(F)c4F)CC3)c2c1. The second-order valence-corrected chi connectivity index (χ2v) is 10.5. The van der Waals surface area contributed by atoms with Crippen molar-refractivity contribution >= 4 is 16.9 Å². The van der Waals surface area contributed by atoms with Crippen molar-refractivity contribution in [2.75, 3.05) is 26.7 Å². The van der Waals surface area contributed by atoms with Crippen molar-refractivity contribution < 1.29 is 27.8 Å². The number of methoxy groups -OCH3 is 1. The summed E-state index contributed by atoms with van der Waals surface area (Å²) in [5.41, 5.74) is 3.03. The summed E-state index contributed by atoms with van der Waals surface area (Å²) in [4.78, 5) is 18.5. The van der Waals surface area contributed by atoms with Crippen LogP contribution in [0.4, 0.5) is 13.2 Å². The van der Waals surface area contributed by atoms with Crippen molar-refractivity contribution in [2.45, 2.75) is 58.3 Å². The zero-order valence-electron chi connectivity index (χ0n) is 22.0. The Morgan fingerprint density at radius 2 is 1.87 bits per heavy atom. The van der Waals surface area contributed by atoms with Crippen LogP contribution in [0.3, 0.4) is 0 Å². The third kappa shape index (κ3) is 6.65. The average Bonchev–Trinajstić information content (AvgIpc) is 2.88. The number of likely N-dealkylation sites (tertiary alicyclic amines) is 1. The molecule has 0 spiro atoms. The molecule has 5 nitrogen and oxygen atoms in total. The highest BCUT2D eigenvalue weighted by Crippen LogP contribution is 2.40. The number of benzene rings is 2. The van der Waals surface area contributed by atoms with Crippen LogP contribution in [0.15, 0.2) is 36.5 Å². The van der Waals surface area contributed by atoms with Crippen LogP contribution in [-0.4, -0.2) is 47.7 Å². The monoisotopic (exact) mass is 528 g/mol. The molecule has 1 fully saturated rings. The summed E-state index contributed by atoms with van der Waals surface area (Å²) < 4.78 is 46.3. The van der Waals surface area contributed by atoms with Gasteiger partial charge < -0.3 is 14.7 Å². The van der Waals surface area contributed by atoms with Gasteiger partial charge in [0.2, 0.25) is 0 Å². The molecule has 1 aliphatic rings. The second kappa shape index (κ2) is 12.2. The van der Waals surface area contributed by atoms with Crippen molar-refractivity contribution in [3.05, 3.63) is 70.7 Å². The number of carboxylic acid groups (broad SMARTS) is 1. The third-order valence-corrected chi connectivity index (χ3v) is 7.97. The van der Waals surface area contributed by atoms with Crippen LogP contribution >= 0.6 is 0 Å². The minimum absolute atomic E-state index is 0.0521. The van der Waals surface area contributed by atoms with Gasteiger partial charge in [-0.25, -0.2) is 13.2 Å². The van der Waals surface area contributed by atoms with Gasteiger partial charge in [0.15, 0.2) is 11.6 Å². The Bertz CT molecular complexity index is 1290. The number of halogens is 3. The van der Waals surface area contributed by atoms with Gasteiger partial charge in [-0.3, -0.25) is 9.78 Å². The molecule has 2 heterocycles. The Balaban J connectivity index is 1.35. The van der Waals surface area contributed by atoms with E-state index in [1.165, 1.54) is 5.56 Å². The maximum Gasteiger partial charge on any atom is 0.303 e. The van der Waals surface area contributed by atoms with Crippen LogP contribution in [0.25, 0.3) is 10.9 Å². The molecule has 1 aromatic heterocycles. The van der Waals surface area contributed by atoms with Gasteiger partial charge >= 0.3 is 5.97 Å². The summed E-state index contributed by atoms with van der Waals surface area (Å²) in [5, 5.41) is 10.7. The number of aryl methyl sites for hydroxylation is 3. The van der Waals surface area contributed by atoms with Crippen molar-refractivity contribution in [1.82, 2.24) is 9.88 Å². The van der Waals surface area contributed by atoms with E-state index in [-0.39, 0.29) is 23.8 Å². The lowest BCUT2D eigenvalue weighted by Gasteiger charge is -2.41. The van der Waals surface area contributed by atoms with E-state index in [0.717, 1.165) is 73.5 Å². The molecule has 3 aromatic rings. The molecule has 0 atom stereocenters. The molecule has 0 aliphatic carbocycles. The van der Waals surface area contributed by atoms with E-state index < -0.39 is 23.4 Å². The van der Waals surface area contributed by atoms with E-state index >= 15 is 0 Å². The standard InChI is InChI=1S/C30H35F3N2O3/c1-20-19-34-27-8-7-23(38-2)17-25(27)24(20)6-3-9-30(18-28(36)37)10-13-35(14-11-30)12-4-5-21-15-22(31)16-26(32)29(21)33/h7-8,15-17,19H,3-6,9-14,18H2,1-2H3,(H,36,37). The number of carboxylic acids is 1. The highest BCUT2D eigenvalue weighted by Gasteiger charge is 2.36. The molecular weight excluding hydrogens is 493 g/mol. The fraction of sp³-hybridized carbons (Fsp3) is 0.467. The molecule has 38 heavy (non-hydrogen) atoms. The maximum atomic E-state index is 13.9. The minimum Gasteiger partial charge on any atom is -0.497 e. The molecule has 1 N–H and O–H groups in total. The first-order valence-electron chi connectivity index (χ1n) is 13.2. The number of fused-ring (bicyclic) bond motifs is 1.